The van der Waals surface area contributed by atoms with E-state index in [1.54, 1.807) is 0 Å². The normalized spacial score (nSPS) is 20.3. The lowest BCUT2D eigenvalue weighted by Gasteiger charge is -2.32. The standard InChI is InChI=1S/C14H18F2N2O/c1-10-4-2-3-7-18(10)9-14(19)17-13-6-5-11(15)8-12(13)16/h5-6,8,10H,2-4,7,9H2,1H3,(H,17,19)/t10-/m1/s1. The van der Waals surface area contributed by atoms with Crippen molar-refractivity contribution < 1.29 is 13.6 Å². The molecule has 0 unspecified atom stereocenters. The summed E-state index contributed by atoms with van der Waals surface area (Å²) in [4.78, 5) is 13.9. The predicted molar refractivity (Wildman–Crippen MR) is 69.9 cm³/mol. The van der Waals surface area contributed by atoms with E-state index in [4.69, 9.17) is 0 Å². The fourth-order valence-corrected chi connectivity index (χ4v) is 2.36. The first-order valence-electron chi connectivity index (χ1n) is 6.55. The van der Waals surface area contributed by atoms with E-state index in [9.17, 15) is 13.6 Å². The third-order valence-corrected chi connectivity index (χ3v) is 3.49. The number of hydrogen-bond acceptors (Lipinski definition) is 2. The van der Waals surface area contributed by atoms with E-state index < -0.39 is 11.6 Å². The summed E-state index contributed by atoms with van der Waals surface area (Å²) in [6.07, 6.45) is 3.35. The molecule has 0 aromatic heterocycles. The summed E-state index contributed by atoms with van der Waals surface area (Å²) in [5.41, 5.74) is 0.0241. The number of piperidine rings is 1. The number of nitrogens with zero attached hydrogens (tertiary/aromatic N) is 1. The molecular formula is C14H18F2N2O. The van der Waals surface area contributed by atoms with Gasteiger partial charge >= 0.3 is 0 Å². The van der Waals surface area contributed by atoms with Crippen molar-refractivity contribution in [3.63, 3.8) is 0 Å². The van der Waals surface area contributed by atoms with Gasteiger partial charge in [0.25, 0.3) is 0 Å². The minimum Gasteiger partial charge on any atom is -0.322 e. The Hall–Kier alpha value is -1.49. The first-order valence-corrected chi connectivity index (χ1v) is 6.55. The number of carbonyl (C=O) groups is 1. The van der Waals surface area contributed by atoms with E-state index >= 15 is 0 Å². The summed E-state index contributed by atoms with van der Waals surface area (Å²) < 4.78 is 26.1. The van der Waals surface area contributed by atoms with Gasteiger partial charge in [0.2, 0.25) is 5.91 Å². The number of likely N-dealkylation sites (tertiary alicyclic amines) is 1. The second-order valence-corrected chi connectivity index (χ2v) is 4.99. The first kappa shape index (κ1) is 13.9. The molecule has 0 bridgehead atoms. The second kappa shape index (κ2) is 6.10. The van der Waals surface area contributed by atoms with Crippen molar-refractivity contribution >= 4 is 11.6 Å². The van der Waals surface area contributed by atoms with Gasteiger partial charge in [0.15, 0.2) is 0 Å². The van der Waals surface area contributed by atoms with Gasteiger partial charge in [-0.3, -0.25) is 9.69 Å². The van der Waals surface area contributed by atoms with Crippen LogP contribution in [0.3, 0.4) is 0 Å². The van der Waals surface area contributed by atoms with Crippen LogP contribution < -0.4 is 5.32 Å². The monoisotopic (exact) mass is 268 g/mol. The predicted octanol–water partition coefficient (Wildman–Crippen LogP) is 2.78. The molecule has 1 saturated heterocycles. The first-order chi connectivity index (χ1) is 9.06. The number of anilines is 1. The Balaban J connectivity index is 1.93. The number of benzene rings is 1. The fourth-order valence-electron chi connectivity index (χ4n) is 2.36. The summed E-state index contributed by atoms with van der Waals surface area (Å²) in [6, 6.07) is 3.50. The van der Waals surface area contributed by atoms with Crippen molar-refractivity contribution in [3.05, 3.63) is 29.8 Å². The number of hydrogen-bond donors (Lipinski definition) is 1. The molecule has 1 aliphatic heterocycles. The fraction of sp³-hybridized carbons (Fsp3) is 0.500. The molecule has 1 aromatic rings. The van der Waals surface area contributed by atoms with Gasteiger partial charge in [-0.05, 0) is 38.4 Å². The quantitative estimate of drug-likeness (QED) is 0.914. The molecule has 1 amide bonds. The van der Waals surface area contributed by atoms with E-state index in [-0.39, 0.29) is 18.1 Å². The summed E-state index contributed by atoms with van der Waals surface area (Å²) in [6.45, 7) is 3.23. The third-order valence-electron chi connectivity index (χ3n) is 3.49. The molecule has 104 valence electrons. The topological polar surface area (TPSA) is 32.3 Å². The summed E-state index contributed by atoms with van der Waals surface area (Å²) in [5.74, 6) is -1.67. The van der Waals surface area contributed by atoms with Gasteiger partial charge < -0.3 is 5.32 Å². The highest BCUT2D eigenvalue weighted by molar-refractivity contribution is 5.92. The van der Waals surface area contributed by atoms with Gasteiger partial charge in [-0.2, -0.15) is 0 Å². The Kier molecular flexibility index (Phi) is 4.47. The minimum absolute atomic E-state index is 0.0241. The maximum absolute atomic E-state index is 13.4. The number of carbonyl (C=O) groups excluding carboxylic acids is 1. The summed E-state index contributed by atoms with van der Waals surface area (Å²) in [7, 11) is 0. The van der Waals surface area contributed by atoms with Crippen molar-refractivity contribution in [2.45, 2.75) is 32.2 Å². The van der Waals surface area contributed by atoms with Crippen molar-refractivity contribution in [2.24, 2.45) is 0 Å². The van der Waals surface area contributed by atoms with Crippen LogP contribution >= 0.6 is 0 Å². The highest BCUT2D eigenvalue weighted by Gasteiger charge is 2.20. The van der Waals surface area contributed by atoms with Crippen LogP contribution in [-0.4, -0.2) is 29.9 Å². The maximum atomic E-state index is 13.4. The van der Waals surface area contributed by atoms with Crippen molar-refractivity contribution in [2.75, 3.05) is 18.4 Å². The lowest BCUT2D eigenvalue weighted by molar-refractivity contribution is -0.118. The van der Waals surface area contributed by atoms with Crippen molar-refractivity contribution in [3.8, 4) is 0 Å². The Labute approximate surface area is 111 Å². The molecule has 1 fully saturated rings. The van der Waals surface area contributed by atoms with Gasteiger partial charge in [-0.15, -0.1) is 0 Å². The van der Waals surface area contributed by atoms with E-state index in [1.807, 2.05) is 0 Å². The van der Waals surface area contributed by atoms with E-state index in [0.717, 1.165) is 31.5 Å². The Bertz CT molecular complexity index is 465. The molecule has 0 saturated carbocycles. The number of rotatable bonds is 3. The molecule has 1 N–H and O–H groups in total. The minimum atomic E-state index is -0.750. The number of nitrogens with one attached hydrogen (secondary N) is 1. The van der Waals surface area contributed by atoms with Gasteiger partial charge in [0.05, 0.1) is 12.2 Å². The van der Waals surface area contributed by atoms with Crippen LogP contribution in [0.4, 0.5) is 14.5 Å². The van der Waals surface area contributed by atoms with Gasteiger partial charge in [-0.1, -0.05) is 6.42 Å². The van der Waals surface area contributed by atoms with Crippen LogP contribution in [0.5, 0.6) is 0 Å². The van der Waals surface area contributed by atoms with Crippen LogP contribution in [0.2, 0.25) is 0 Å². The molecular weight excluding hydrogens is 250 g/mol. The molecule has 2 rings (SSSR count). The highest BCUT2D eigenvalue weighted by Crippen LogP contribution is 2.17. The van der Waals surface area contributed by atoms with Gasteiger partial charge in [0.1, 0.15) is 11.6 Å². The third kappa shape index (κ3) is 3.73. The summed E-state index contributed by atoms with van der Waals surface area (Å²) >= 11 is 0. The smallest absolute Gasteiger partial charge is 0.238 e. The number of amides is 1. The van der Waals surface area contributed by atoms with Crippen molar-refractivity contribution in [1.82, 2.24) is 4.90 Å². The molecule has 0 radical (unpaired) electrons. The van der Waals surface area contributed by atoms with Gasteiger partial charge in [0, 0.05) is 12.1 Å². The number of halogens is 2. The van der Waals surface area contributed by atoms with E-state index in [0.29, 0.717) is 6.04 Å². The van der Waals surface area contributed by atoms with Crippen LogP contribution in [0.1, 0.15) is 26.2 Å². The molecule has 0 aliphatic carbocycles. The molecule has 1 heterocycles. The lowest BCUT2D eigenvalue weighted by Crippen LogP contribution is -2.42. The SMILES string of the molecule is C[C@@H]1CCCCN1CC(=O)Nc1ccc(F)cc1F. The maximum Gasteiger partial charge on any atom is 0.238 e. The lowest BCUT2D eigenvalue weighted by atomic mass is 10.0. The highest BCUT2D eigenvalue weighted by atomic mass is 19.1. The van der Waals surface area contributed by atoms with Gasteiger partial charge in [-0.25, -0.2) is 8.78 Å². The summed E-state index contributed by atoms with van der Waals surface area (Å²) in [5, 5.41) is 2.48. The average Bonchev–Trinajstić information content (AvgIpc) is 2.36. The second-order valence-electron chi connectivity index (χ2n) is 4.99. The molecule has 1 atom stereocenters. The average molecular weight is 268 g/mol. The molecule has 5 heteroatoms. The zero-order chi connectivity index (χ0) is 13.8. The van der Waals surface area contributed by atoms with Crippen LogP contribution in [-0.2, 0) is 4.79 Å². The molecule has 1 aromatic carbocycles. The Morgan fingerprint density at radius 2 is 2.21 bits per heavy atom. The van der Waals surface area contributed by atoms with Crippen molar-refractivity contribution in [1.29, 1.82) is 0 Å². The zero-order valence-electron chi connectivity index (χ0n) is 11.0. The van der Waals surface area contributed by atoms with Crippen LogP contribution in [0.15, 0.2) is 18.2 Å². The van der Waals surface area contributed by atoms with E-state index in [2.05, 4.69) is 17.1 Å². The Morgan fingerprint density at radius 1 is 1.42 bits per heavy atom. The van der Waals surface area contributed by atoms with Crippen LogP contribution in [0, 0.1) is 11.6 Å². The van der Waals surface area contributed by atoms with E-state index in [1.165, 1.54) is 12.5 Å². The molecule has 3 nitrogen and oxygen atoms in total. The Morgan fingerprint density at radius 3 is 2.89 bits per heavy atom. The molecule has 1 aliphatic rings. The zero-order valence-corrected chi connectivity index (χ0v) is 11.0. The van der Waals surface area contributed by atoms with Crippen LogP contribution in [0.25, 0.3) is 0 Å². The molecule has 0 spiro atoms. The molecule has 19 heavy (non-hydrogen) atoms. The largest absolute Gasteiger partial charge is 0.322 e.